The van der Waals surface area contributed by atoms with E-state index in [0.717, 1.165) is 10.0 Å². The van der Waals surface area contributed by atoms with Crippen LogP contribution in [-0.2, 0) is 0 Å². The van der Waals surface area contributed by atoms with Gasteiger partial charge in [-0.05, 0) is 36.4 Å². The first kappa shape index (κ1) is 18.5. The molecule has 0 spiro atoms. The molecule has 0 aliphatic carbocycles. The summed E-state index contributed by atoms with van der Waals surface area (Å²) in [5.74, 6) is -0.494. The van der Waals surface area contributed by atoms with Gasteiger partial charge in [-0.1, -0.05) is 0 Å². The highest BCUT2D eigenvalue weighted by Crippen LogP contribution is 2.35. The molecular formula is C20H14F2N2O2S2. The van der Waals surface area contributed by atoms with E-state index in [2.05, 4.69) is 9.97 Å². The minimum Gasteiger partial charge on any atom is -0.494 e. The summed E-state index contributed by atoms with van der Waals surface area (Å²) in [5.41, 5.74) is 2.65. The van der Waals surface area contributed by atoms with E-state index >= 15 is 0 Å². The standard InChI is InChI=1S/C20H14F2N2O2S2/c1-25-17-5-3-11(7-13(17)21)15-9-27-19(23-15)20-24-16(10-28-20)12-4-6-18(26-2)14(22)8-12/h3-10H,1-2H3. The number of aromatic nitrogens is 2. The van der Waals surface area contributed by atoms with Gasteiger partial charge in [-0.3, -0.25) is 0 Å². The van der Waals surface area contributed by atoms with E-state index in [4.69, 9.17) is 9.47 Å². The summed E-state index contributed by atoms with van der Waals surface area (Å²) in [6, 6.07) is 9.45. The Hall–Kier alpha value is -2.84. The molecule has 142 valence electrons. The molecule has 8 heteroatoms. The molecule has 0 saturated heterocycles. The van der Waals surface area contributed by atoms with Crippen LogP contribution in [0.3, 0.4) is 0 Å². The van der Waals surface area contributed by atoms with Crippen molar-refractivity contribution in [3.8, 4) is 44.0 Å². The van der Waals surface area contributed by atoms with E-state index < -0.39 is 11.6 Å². The number of hydrogen-bond acceptors (Lipinski definition) is 6. The van der Waals surface area contributed by atoms with Crippen molar-refractivity contribution in [2.75, 3.05) is 14.2 Å². The molecule has 0 fully saturated rings. The fraction of sp³-hybridized carbons (Fsp3) is 0.100. The summed E-state index contributed by atoms with van der Waals surface area (Å²) in [6.07, 6.45) is 0. The molecule has 0 aliphatic heterocycles. The third-order valence-electron chi connectivity index (χ3n) is 4.09. The minimum absolute atomic E-state index is 0.190. The monoisotopic (exact) mass is 416 g/mol. The number of halogens is 2. The van der Waals surface area contributed by atoms with Gasteiger partial charge >= 0.3 is 0 Å². The molecule has 2 aromatic heterocycles. The van der Waals surface area contributed by atoms with Crippen molar-refractivity contribution in [3.05, 3.63) is 58.8 Å². The summed E-state index contributed by atoms with van der Waals surface area (Å²) >= 11 is 2.84. The predicted molar refractivity (Wildman–Crippen MR) is 107 cm³/mol. The van der Waals surface area contributed by atoms with E-state index in [0.29, 0.717) is 22.5 Å². The highest BCUT2D eigenvalue weighted by Gasteiger charge is 2.14. The fourth-order valence-corrected chi connectivity index (χ4v) is 4.37. The summed E-state index contributed by atoms with van der Waals surface area (Å²) in [4.78, 5) is 9.13. The zero-order valence-corrected chi connectivity index (χ0v) is 16.5. The lowest BCUT2D eigenvalue weighted by Gasteiger charge is -2.03. The van der Waals surface area contributed by atoms with Crippen molar-refractivity contribution in [3.63, 3.8) is 0 Å². The zero-order valence-electron chi connectivity index (χ0n) is 14.9. The topological polar surface area (TPSA) is 44.2 Å². The van der Waals surface area contributed by atoms with Crippen LogP contribution in [0.1, 0.15) is 0 Å². The Morgan fingerprint density at radius 2 is 1.14 bits per heavy atom. The Morgan fingerprint density at radius 3 is 1.50 bits per heavy atom. The first-order chi connectivity index (χ1) is 13.6. The number of nitrogens with zero attached hydrogens (tertiary/aromatic N) is 2. The smallest absolute Gasteiger partial charge is 0.165 e. The molecule has 28 heavy (non-hydrogen) atoms. The van der Waals surface area contributed by atoms with Gasteiger partial charge in [-0.25, -0.2) is 18.7 Å². The van der Waals surface area contributed by atoms with Crippen LogP contribution >= 0.6 is 22.7 Å². The van der Waals surface area contributed by atoms with Crippen LogP contribution in [0.25, 0.3) is 32.5 Å². The highest BCUT2D eigenvalue weighted by atomic mass is 32.1. The SMILES string of the molecule is COc1ccc(-c2csc(-c3nc(-c4ccc(OC)c(F)c4)cs3)n2)cc1F. The van der Waals surface area contributed by atoms with Crippen LogP contribution < -0.4 is 9.47 Å². The van der Waals surface area contributed by atoms with Crippen molar-refractivity contribution in [1.82, 2.24) is 9.97 Å². The number of benzene rings is 2. The second-order valence-corrected chi connectivity index (χ2v) is 7.49. The first-order valence-corrected chi connectivity index (χ1v) is 9.94. The van der Waals surface area contributed by atoms with Gasteiger partial charge in [0.05, 0.1) is 25.6 Å². The maximum atomic E-state index is 13.9. The normalized spacial score (nSPS) is 10.9. The molecule has 2 heterocycles. The van der Waals surface area contributed by atoms with Gasteiger partial charge in [0.25, 0.3) is 0 Å². The largest absolute Gasteiger partial charge is 0.494 e. The van der Waals surface area contributed by atoms with Crippen molar-refractivity contribution >= 4 is 22.7 Å². The number of methoxy groups -OCH3 is 2. The Bertz CT molecular complexity index is 1050. The Kier molecular flexibility index (Phi) is 5.06. The van der Waals surface area contributed by atoms with E-state index in [9.17, 15) is 8.78 Å². The van der Waals surface area contributed by atoms with Crippen molar-refractivity contribution in [1.29, 1.82) is 0 Å². The third kappa shape index (κ3) is 3.48. The molecule has 2 aromatic carbocycles. The minimum atomic E-state index is -0.437. The molecule has 0 N–H and O–H groups in total. The van der Waals surface area contributed by atoms with Gasteiger partial charge in [0, 0.05) is 21.9 Å². The molecule has 0 unspecified atom stereocenters. The lowest BCUT2D eigenvalue weighted by atomic mass is 10.1. The van der Waals surface area contributed by atoms with Crippen LogP contribution in [0, 0.1) is 11.6 Å². The Labute approximate surface area is 168 Å². The maximum absolute atomic E-state index is 13.9. The van der Waals surface area contributed by atoms with Crippen LogP contribution in [-0.4, -0.2) is 24.2 Å². The van der Waals surface area contributed by atoms with E-state index in [-0.39, 0.29) is 11.5 Å². The van der Waals surface area contributed by atoms with Gasteiger partial charge in [-0.15, -0.1) is 22.7 Å². The third-order valence-corrected chi connectivity index (χ3v) is 5.91. The van der Waals surface area contributed by atoms with E-state index in [1.165, 1.54) is 49.0 Å². The van der Waals surface area contributed by atoms with Gasteiger partial charge in [-0.2, -0.15) is 0 Å². The van der Waals surface area contributed by atoms with Crippen molar-refractivity contribution in [2.24, 2.45) is 0 Å². The van der Waals surface area contributed by atoms with Crippen molar-refractivity contribution < 1.29 is 18.3 Å². The molecule has 0 bridgehead atoms. The molecule has 0 saturated carbocycles. The van der Waals surface area contributed by atoms with Gasteiger partial charge in [0.2, 0.25) is 0 Å². The summed E-state index contributed by atoms with van der Waals surface area (Å²) < 4.78 is 37.8. The van der Waals surface area contributed by atoms with Crippen LogP contribution in [0.5, 0.6) is 11.5 Å². The quantitative estimate of drug-likeness (QED) is 0.407. The number of thiazole rings is 2. The predicted octanol–water partition coefficient (Wildman–Crippen LogP) is 5.90. The van der Waals surface area contributed by atoms with Gasteiger partial charge in [0.15, 0.2) is 33.1 Å². The summed E-state index contributed by atoms with van der Waals surface area (Å²) in [7, 11) is 2.85. The van der Waals surface area contributed by atoms with Gasteiger partial charge in [0.1, 0.15) is 0 Å². The average molecular weight is 416 g/mol. The molecule has 0 amide bonds. The van der Waals surface area contributed by atoms with Crippen LogP contribution in [0.2, 0.25) is 0 Å². The number of hydrogen-bond donors (Lipinski definition) is 0. The average Bonchev–Trinajstić information content (AvgIpc) is 3.37. The second-order valence-electron chi connectivity index (χ2n) is 5.77. The highest BCUT2D eigenvalue weighted by molar-refractivity contribution is 7.20. The lowest BCUT2D eigenvalue weighted by molar-refractivity contribution is 0.386. The molecule has 4 aromatic rings. The molecule has 0 aliphatic rings. The van der Waals surface area contributed by atoms with Crippen molar-refractivity contribution in [2.45, 2.75) is 0 Å². The first-order valence-electron chi connectivity index (χ1n) is 8.18. The zero-order chi connectivity index (χ0) is 19.7. The molecule has 4 nitrogen and oxygen atoms in total. The second kappa shape index (κ2) is 7.65. The number of ether oxygens (including phenoxy) is 2. The summed E-state index contributed by atoms with van der Waals surface area (Å²) in [6.45, 7) is 0. The lowest BCUT2D eigenvalue weighted by Crippen LogP contribution is -1.89. The Balaban J connectivity index is 1.61. The summed E-state index contributed by atoms with van der Waals surface area (Å²) in [5, 5.41) is 5.14. The van der Waals surface area contributed by atoms with Crippen LogP contribution in [0.4, 0.5) is 8.78 Å². The molecule has 4 rings (SSSR count). The molecular weight excluding hydrogens is 402 g/mol. The van der Waals surface area contributed by atoms with Crippen LogP contribution in [0.15, 0.2) is 47.2 Å². The number of rotatable bonds is 5. The fourth-order valence-electron chi connectivity index (χ4n) is 2.66. The van der Waals surface area contributed by atoms with Gasteiger partial charge < -0.3 is 9.47 Å². The van der Waals surface area contributed by atoms with E-state index in [1.807, 2.05) is 10.8 Å². The van der Waals surface area contributed by atoms with E-state index in [1.54, 1.807) is 24.3 Å². The molecule has 0 radical (unpaired) electrons. The molecule has 0 atom stereocenters. The Morgan fingerprint density at radius 1 is 0.714 bits per heavy atom. The maximum Gasteiger partial charge on any atom is 0.165 e.